The topological polar surface area (TPSA) is 35.2 Å². The largest absolute Gasteiger partial charge is 0.289 e. The normalized spacial score (nSPS) is 4.29. The molecule has 0 amide bonds. The van der Waals surface area contributed by atoms with Crippen molar-refractivity contribution in [2.75, 3.05) is 6.07 Å². The van der Waals surface area contributed by atoms with Crippen LogP contribution in [0.15, 0.2) is 0 Å². The quantitative estimate of drug-likeness (QED) is 0.434. The van der Waals surface area contributed by atoms with Gasteiger partial charge in [-0.1, -0.05) is 33.9 Å². The minimum absolute atomic E-state index is 0. The highest BCUT2D eigenvalue weighted by Gasteiger charge is 1.54. The van der Waals surface area contributed by atoms with E-state index in [1.165, 1.54) is 0 Å². The Morgan fingerprint density at radius 1 is 1.29 bits per heavy atom. The van der Waals surface area contributed by atoms with Crippen molar-refractivity contribution in [2.24, 2.45) is 5.90 Å². The maximum absolute atomic E-state index is 4.84. The number of rotatable bonds is 1. The van der Waals surface area contributed by atoms with E-state index in [0.717, 1.165) is 0 Å². The molecule has 0 aliphatic heterocycles. The molecule has 0 atom stereocenters. The highest BCUT2D eigenvalue weighted by Crippen LogP contribution is 1.63. The number of nitrogens with two attached hydrogens (primary N) is 1. The lowest BCUT2D eigenvalue weighted by Crippen LogP contribution is -1.92. The second kappa shape index (κ2) is 34.5. The van der Waals surface area contributed by atoms with Gasteiger partial charge >= 0.3 is 0 Å². The van der Waals surface area contributed by atoms with Crippen LogP contribution in [0, 0.1) is 0 Å². The molecular formula is C4H16ClNO. The van der Waals surface area contributed by atoms with E-state index in [0.29, 0.717) is 0 Å². The van der Waals surface area contributed by atoms with Crippen molar-refractivity contribution in [1.29, 1.82) is 0 Å². The van der Waals surface area contributed by atoms with Gasteiger partial charge in [0.2, 0.25) is 0 Å². The Morgan fingerprint density at radius 3 is 1.43 bits per heavy atom. The molecule has 0 rings (SSSR count). The maximum atomic E-state index is 4.84. The summed E-state index contributed by atoms with van der Waals surface area (Å²) < 4.78 is 0. The molecule has 0 saturated carbocycles. The lowest BCUT2D eigenvalue weighted by Gasteiger charge is -1.73. The molecule has 0 aliphatic carbocycles. The van der Waals surface area contributed by atoms with E-state index in [-0.39, 0.29) is 28.3 Å². The SMILES string of the molecule is C.C.C.NOCCl. The highest BCUT2D eigenvalue weighted by atomic mass is 35.5. The summed E-state index contributed by atoms with van der Waals surface area (Å²) in [6.45, 7) is 0. The lowest BCUT2D eigenvalue weighted by atomic mass is 11.7. The number of hydrogen-bond donors (Lipinski definition) is 1. The summed E-state index contributed by atoms with van der Waals surface area (Å²) >= 11 is 4.84. The fourth-order valence-corrected chi connectivity index (χ4v) is 0. The van der Waals surface area contributed by atoms with Crippen molar-refractivity contribution in [3.63, 3.8) is 0 Å². The number of alkyl halides is 1. The molecule has 0 saturated heterocycles. The van der Waals surface area contributed by atoms with Crippen molar-refractivity contribution in [2.45, 2.75) is 22.3 Å². The molecule has 0 fully saturated rings. The smallest absolute Gasteiger partial charge is 0.142 e. The van der Waals surface area contributed by atoms with Crippen molar-refractivity contribution in [3.05, 3.63) is 0 Å². The van der Waals surface area contributed by atoms with E-state index in [2.05, 4.69) is 10.7 Å². The summed E-state index contributed by atoms with van der Waals surface area (Å²) in [6.07, 6.45) is 0. The van der Waals surface area contributed by atoms with Crippen LogP contribution in [0.3, 0.4) is 0 Å². The summed E-state index contributed by atoms with van der Waals surface area (Å²) in [7, 11) is 0. The molecule has 0 unspecified atom stereocenters. The molecule has 0 spiro atoms. The molecule has 0 aromatic heterocycles. The van der Waals surface area contributed by atoms with Crippen LogP contribution in [0.25, 0.3) is 0 Å². The van der Waals surface area contributed by atoms with Crippen LogP contribution < -0.4 is 5.90 Å². The van der Waals surface area contributed by atoms with E-state index in [4.69, 9.17) is 11.6 Å². The van der Waals surface area contributed by atoms with Crippen molar-refractivity contribution < 1.29 is 4.84 Å². The molecule has 7 heavy (non-hydrogen) atoms. The molecule has 0 bridgehead atoms. The predicted octanol–water partition coefficient (Wildman–Crippen LogP) is 1.98. The first-order valence-electron chi connectivity index (χ1n) is 0.792. The Labute approximate surface area is 51.6 Å². The van der Waals surface area contributed by atoms with E-state index < -0.39 is 0 Å². The van der Waals surface area contributed by atoms with Crippen LogP contribution in [0.2, 0.25) is 0 Å². The lowest BCUT2D eigenvalue weighted by molar-refractivity contribution is 0.186. The summed E-state index contributed by atoms with van der Waals surface area (Å²) in [4.78, 5) is 3.81. The van der Waals surface area contributed by atoms with Crippen LogP contribution in [-0.2, 0) is 4.84 Å². The van der Waals surface area contributed by atoms with Crippen LogP contribution >= 0.6 is 11.6 Å². The molecule has 50 valence electrons. The highest BCUT2D eigenvalue weighted by molar-refractivity contribution is 6.17. The van der Waals surface area contributed by atoms with Crippen molar-refractivity contribution in [1.82, 2.24) is 0 Å². The number of hydrogen-bond acceptors (Lipinski definition) is 2. The zero-order valence-electron chi connectivity index (χ0n) is 2.07. The minimum atomic E-state index is 0. The van der Waals surface area contributed by atoms with Gasteiger partial charge in [0.05, 0.1) is 0 Å². The van der Waals surface area contributed by atoms with Gasteiger partial charge in [-0.15, -0.1) is 0 Å². The van der Waals surface area contributed by atoms with Crippen molar-refractivity contribution in [3.8, 4) is 0 Å². The van der Waals surface area contributed by atoms with Gasteiger partial charge in [-0.2, -0.15) is 0 Å². The van der Waals surface area contributed by atoms with E-state index in [1.54, 1.807) is 0 Å². The van der Waals surface area contributed by atoms with E-state index >= 15 is 0 Å². The average molecular weight is 130 g/mol. The first-order chi connectivity index (χ1) is 1.91. The fraction of sp³-hybridized carbons (Fsp3) is 1.00. The Kier molecular flexibility index (Phi) is 133. The van der Waals surface area contributed by atoms with Gasteiger partial charge in [-0.3, -0.25) is 4.84 Å². The van der Waals surface area contributed by atoms with Crippen LogP contribution in [0.4, 0.5) is 0 Å². The molecule has 0 aromatic rings. The standard InChI is InChI=1S/CH4ClNO.3CH4/c2-1-4-3;;;/h1,3H2;3*1H4. The maximum Gasteiger partial charge on any atom is 0.142 e. The molecule has 0 radical (unpaired) electrons. The number of halogens is 1. The van der Waals surface area contributed by atoms with Gasteiger partial charge in [0.15, 0.2) is 0 Å². The van der Waals surface area contributed by atoms with Gasteiger partial charge in [-0.05, 0) is 0 Å². The summed E-state index contributed by atoms with van der Waals surface area (Å²) in [5, 5.41) is 0. The third-order valence-corrected chi connectivity index (χ3v) is 0.189. The molecule has 0 heterocycles. The first kappa shape index (κ1) is 27.0. The second-order valence-corrected chi connectivity index (χ2v) is 0.494. The Bertz CT molecular complexity index is 13.7. The van der Waals surface area contributed by atoms with Crippen molar-refractivity contribution >= 4 is 11.6 Å². The van der Waals surface area contributed by atoms with E-state index in [9.17, 15) is 0 Å². The monoisotopic (exact) mass is 129 g/mol. The molecule has 2 N–H and O–H groups in total. The van der Waals surface area contributed by atoms with Crippen LogP contribution in [0.5, 0.6) is 0 Å². The van der Waals surface area contributed by atoms with Gasteiger partial charge in [0.1, 0.15) is 6.07 Å². The van der Waals surface area contributed by atoms with Gasteiger partial charge in [0.25, 0.3) is 0 Å². The minimum Gasteiger partial charge on any atom is -0.289 e. The van der Waals surface area contributed by atoms with Gasteiger partial charge in [-0.25, -0.2) is 5.90 Å². The molecule has 3 heteroatoms. The first-order valence-corrected chi connectivity index (χ1v) is 1.33. The Morgan fingerprint density at radius 2 is 1.43 bits per heavy atom. The Hall–Kier alpha value is 0.210. The average Bonchev–Trinajstić information content (AvgIpc) is 1.37. The van der Waals surface area contributed by atoms with Gasteiger partial charge < -0.3 is 0 Å². The Balaban J connectivity index is -0.0000000150. The molecule has 0 aliphatic rings. The zero-order valence-corrected chi connectivity index (χ0v) is 2.83. The summed E-state index contributed by atoms with van der Waals surface area (Å²) in [5.41, 5.74) is 0. The van der Waals surface area contributed by atoms with Gasteiger partial charge in [0, 0.05) is 0 Å². The third kappa shape index (κ3) is 75.2. The summed E-state index contributed by atoms with van der Waals surface area (Å²) in [6, 6.07) is 0.0694. The van der Waals surface area contributed by atoms with E-state index in [1.807, 2.05) is 0 Å². The van der Waals surface area contributed by atoms with Crippen LogP contribution in [-0.4, -0.2) is 6.07 Å². The second-order valence-electron chi connectivity index (χ2n) is 0.276. The molecular weight excluding hydrogens is 114 g/mol. The van der Waals surface area contributed by atoms with Crippen LogP contribution in [0.1, 0.15) is 22.3 Å². The summed E-state index contributed by atoms with van der Waals surface area (Å²) in [5.74, 6) is 4.40. The predicted molar refractivity (Wildman–Crippen MR) is 36.2 cm³/mol. The zero-order chi connectivity index (χ0) is 3.41. The third-order valence-electron chi connectivity index (χ3n) is 0.0630. The fourth-order valence-electron chi connectivity index (χ4n) is 0. The molecule has 2 nitrogen and oxygen atoms in total. The molecule has 0 aromatic carbocycles.